The first-order valence-electron chi connectivity index (χ1n) is 19.4. The Morgan fingerprint density at radius 3 is 0.805 bits per heavy atom. The van der Waals surface area contributed by atoms with Crippen LogP contribution in [0.3, 0.4) is 0 Å². The maximum atomic E-state index is 2.65. The molecule has 2 nitrogen and oxygen atoms in total. The summed E-state index contributed by atoms with van der Waals surface area (Å²) in [5.74, 6) is 0.688. The Morgan fingerprint density at radius 2 is 0.585 bits per heavy atom. The molecule has 1 atom stereocenters. The molecular weight excluding hydrogens is 496 g/mol. The Balaban J connectivity index is 1.94. The Kier molecular flexibility index (Phi) is 27.5. The van der Waals surface area contributed by atoms with Gasteiger partial charge in [0.1, 0.15) is 6.17 Å². The van der Waals surface area contributed by atoms with Crippen LogP contribution in [0.25, 0.3) is 0 Å². The van der Waals surface area contributed by atoms with Gasteiger partial charge in [0.25, 0.3) is 0 Å². The summed E-state index contributed by atoms with van der Waals surface area (Å²) in [5, 5.41) is 0. The molecule has 2 heteroatoms. The normalized spacial score (nSPS) is 15.2. The highest BCUT2D eigenvalue weighted by molar-refractivity contribution is 4.98. The van der Waals surface area contributed by atoms with Gasteiger partial charge in [0.05, 0.1) is 0 Å². The van der Waals surface area contributed by atoms with E-state index < -0.39 is 0 Å². The molecule has 1 unspecified atom stereocenters. The minimum Gasteiger partial charge on any atom is -0.356 e. The number of nitrogens with zero attached hydrogens (tertiary/aromatic N) is 2. The van der Waals surface area contributed by atoms with E-state index in [9.17, 15) is 0 Å². The summed E-state index contributed by atoms with van der Waals surface area (Å²) >= 11 is 0. The molecule has 0 amide bonds. The van der Waals surface area contributed by atoms with Crippen molar-refractivity contribution in [3.8, 4) is 0 Å². The van der Waals surface area contributed by atoms with Crippen LogP contribution in [0.15, 0.2) is 12.4 Å². The van der Waals surface area contributed by atoms with Crippen molar-refractivity contribution in [2.75, 3.05) is 13.1 Å². The van der Waals surface area contributed by atoms with Gasteiger partial charge < -0.3 is 9.80 Å². The van der Waals surface area contributed by atoms with Crippen molar-refractivity contribution in [3.05, 3.63) is 12.4 Å². The third-order valence-corrected chi connectivity index (χ3v) is 9.52. The van der Waals surface area contributed by atoms with E-state index in [4.69, 9.17) is 0 Å². The zero-order valence-corrected chi connectivity index (χ0v) is 29.1. The topological polar surface area (TPSA) is 6.48 Å². The fourth-order valence-electron chi connectivity index (χ4n) is 6.87. The molecule has 1 aliphatic heterocycles. The zero-order valence-electron chi connectivity index (χ0n) is 29.1. The molecule has 0 aromatic carbocycles. The number of hydrogen-bond donors (Lipinski definition) is 0. The van der Waals surface area contributed by atoms with E-state index in [2.05, 4.69) is 49.9 Å². The van der Waals surface area contributed by atoms with Gasteiger partial charge in [0.15, 0.2) is 0 Å². The summed E-state index contributed by atoms with van der Waals surface area (Å²) in [4.78, 5) is 5.30. The first-order chi connectivity index (χ1) is 20.2. The molecule has 1 rings (SSSR count). The predicted molar refractivity (Wildman–Crippen MR) is 186 cm³/mol. The minimum atomic E-state index is 0.587. The quantitative estimate of drug-likeness (QED) is 0.0737. The molecule has 0 spiro atoms. The van der Waals surface area contributed by atoms with Crippen molar-refractivity contribution in [1.29, 1.82) is 0 Å². The Hall–Kier alpha value is -0.660. The van der Waals surface area contributed by atoms with Gasteiger partial charge in [-0.3, -0.25) is 0 Å². The van der Waals surface area contributed by atoms with E-state index in [1.165, 1.54) is 199 Å². The van der Waals surface area contributed by atoms with Gasteiger partial charge in [-0.1, -0.05) is 201 Å². The Bertz CT molecular complexity index is 542. The van der Waals surface area contributed by atoms with Gasteiger partial charge in [-0.25, -0.2) is 0 Å². The zero-order chi connectivity index (χ0) is 29.6. The van der Waals surface area contributed by atoms with Crippen molar-refractivity contribution >= 4 is 0 Å². The Labute approximate surface area is 260 Å². The first kappa shape index (κ1) is 38.4. The monoisotopic (exact) mass is 575 g/mol. The summed E-state index contributed by atoms with van der Waals surface area (Å²) in [6.07, 6.45) is 47.3. The van der Waals surface area contributed by atoms with E-state index in [0.717, 1.165) is 0 Å². The maximum absolute atomic E-state index is 2.65. The van der Waals surface area contributed by atoms with Crippen LogP contribution < -0.4 is 0 Å². The molecule has 0 aromatic rings. The highest BCUT2D eigenvalue weighted by atomic mass is 15.4. The van der Waals surface area contributed by atoms with E-state index in [1.807, 2.05) is 0 Å². The predicted octanol–water partition coefficient (Wildman–Crippen LogP) is 13.4. The molecule has 0 fully saturated rings. The van der Waals surface area contributed by atoms with Gasteiger partial charge in [0, 0.05) is 25.5 Å². The Morgan fingerprint density at radius 1 is 0.366 bits per heavy atom. The third kappa shape index (κ3) is 22.5. The lowest BCUT2D eigenvalue weighted by molar-refractivity contribution is 0.104. The average molecular weight is 575 g/mol. The maximum Gasteiger partial charge on any atom is 0.103 e. The summed E-state index contributed by atoms with van der Waals surface area (Å²) in [6.45, 7) is 11.9. The van der Waals surface area contributed by atoms with Crippen LogP contribution in [-0.2, 0) is 0 Å². The van der Waals surface area contributed by atoms with Crippen LogP contribution in [0.5, 0.6) is 0 Å². The second-order valence-corrected chi connectivity index (χ2v) is 14.0. The van der Waals surface area contributed by atoms with Crippen LogP contribution in [0.4, 0.5) is 0 Å². The van der Waals surface area contributed by atoms with Crippen LogP contribution in [0, 0.1) is 5.92 Å². The second kappa shape index (κ2) is 29.4. The van der Waals surface area contributed by atoms with Gasteiger partial charge in [-0.2, -0.15) is 0 Å². The van der Waals surface area contributed by atoms with Crippen molar-refractivity contribution in [3.63, 3.8) is 0 Å². The van der Waals surface area contributed by atoms with Crippen LogP contribution in [-0.4, -0.2) is 29.1 Å². The smallest absolute Gasteiger partial charge is 0.103 e. The van der Waals surface area contributed by atoms with E-state index in [-0.39, 0.29) is 0 Å². The highest BCUT2D eigenvalue weighted by Crippen LogP contribution is 2.24. The fourth-order valence-corrected chi connectivity index (χ4v) is 6.87. The lowest BCUT2D eigenvalue weighted by atomic mass is 10.0. The molecular formula is C39H78N2. The fraction of sp³-hybridized carbons (Fsp3) is 0.949. The highest BCUT2D eigenvalue weighted by Gasteiger charge is 2.28. The standard InChI is InChI=1S/C39H78N2/c1-5-7-9-11-13-15-17-19-20-21-23-25-27-29-31-33-35-41-37-36-40(39(41)38(3)4)34-32-30-28-26-24-22-18-16-14-12-10-8-6-2/h36-39H,5-35H2,1-4H3. The molecule has 41 heavy (non-hydrogen) atoms. The first-order valence-corrected chi connectivity index (χ1v) is 19.4. The lowest BCUT2D eigenvalue weighted by Gasteiger charge is -2.36. The SMILES string of the molecule is CCCCCCCCCCCCCCCCCCN1C=CN(CCCCCCCCCCCCCCC)C1C(C)C. The van der Waals surface area contributed by atoms with Crippen molar-refractivity contribution < 1.29 is 0 Å². The molecule has 1 aliphatic rings. The van der Waals surface area contributed by atoms with E-state index in [1.54, 1.807) is 0 Å². The average Bonchev–Trinajstić information content (AvgIpc) is 3.38. The summed E-state index contributed by atoms with van der Waals surface area (Å²) in [5.41, 5.74) is 0. The van der Waals surface area contributed by atoms with Gasteiger partial charge in [-0.15, -0.1) is 0 Å². The van der Waals surface area contributed by atoms with E-state index >= 15 is 0 Å². The molecule has 0 aromatic heterocycles. The second-order valence-electron chi connectivity index (χ2n) is 14.0. The molecule has 0 aliphatic carbocycles. The van der Waals surface area contributed by atoms with Crippen LogP contribution in [0.1, 0.15) is 214 Å². The number of unbranched alkanes of at least 4 members (excludes halogenated alkanes) is 27. The summed E-state index contributed by atoms with van der Waals surface area (Å²) in [7, 11) is 0. The van der Waals surface area contributed by atoms with Crippen molar-refractivity contribution in [1.82, 2.24) is 9.80 Å². The molecule has 0 N–H and O–H groups in total. The third-order valence-electron chi connectivity index (χ3n) is 9.52. The number of hydrogen-bond acceptors (Lipinski definition) is 2. The van der Waals surface area contributed by atoms with Gasteiger partial charge >= 0.3 is 0 Å². The lowest BCUT2D eigenvalue weighted by Crippen LogP contribution is -2.43. The van der Waals surface area contributed by atoms with Crippen LogP contribution >= 0.6 is 0 Å². The summed E-state index contributed by atoms with van der Waals surface area (Å²) < 4.78 is 0. The van der Waals surface area contributed by atoms with Gasteiger partial charge in [-0.05, 0) is 18.8 Å². The molecule has 244 valence electrons. The largest absolute Gasteiger partial charge is 0.356 e. The molecule has 0 bridgehead atoms. The van der Waals surface area contributed by atoms with Crippen molar-refractivity contribution in [2.24, 2.45) is 5.92 Å². The van der Waals surface area contributed by atoms with Crippen LogP contribution in [0.2, 0.25) is 0 Å². The molecule has 0 saturated carbocycles. The van der Waals surface area contributed by atoms with E-state index in [0.29, 0.717) is 12.1 Å². The minimum absolute atomic E-state index is 0.587. The summed E-state index contributed by atoms with van der Waals surface area (Å²) in [6, 6.07) is 0. The van der Waals surface area contributed by atoms with Crippen molar-refractivity contribution in [2.45, 2.75) is 220 Å². The van der Waals surface area contributed by atoms with Gasteiger partial charge in [0.2, 0.25) is 0 Å². The number of rotatable bonds is 32. The molecule has 1 heterocycles. The molecule has 0 radical (unpaired) electrons. The molecule has 0 saturated heterocycles.